The summed E-state index contributed by atoms with van der Waals surface area (Å²) in [6, 6.07) is 12.3. The van der Waals surface area contributed by atoms with Gasteiger partial charge in [0.05, 0.1) is 16.9 Å². The Hall–Kier alpha value is -3.56. The van der Waals surface area contributed by atoms with E-state index in [0.29, 0.717) is 17.2 Å². The molecule has 0 spiro atoms. The number of alkyl halides is 3. The van der Waals surface area contributed by atoms with Crippen molar-refractivity contribution in [3.05, 3.63) is 59.2 Å². The number of aryl methyl sites for hydroxylation is 1. The van der Waals surface area contributed by atoms with Gasteiger partial charge in [-0.2, -0.15) is 13.2 Å². The summed E-state index contributed by atoms with van der Waals surface area (Å²) in [6.07, 6.45) is -2.80. The van der Waals surface area contributed by atoms with E-state index in [1.54, 1.807) is 30.3 Å². The second-order valence-electron chi connectivity index (χ2n) is 7.85. The van der Waals surface area contributed by atoms with Gasteiger partial charge in [-0.05, 0) is 56.0 Å². The highest BCUT2D eigenvalue weighted by Gasteiger charge is 2.38. The number of amides is 1. The van der Waals surface area contributed by atoms with Crippen LogP contribution < -0.4 is 10.2 Å². The average Bonchev–Trinajstić information content (AvgIpc) is 2.74. The molecule has 0 saturated carbocycles. The fourth-order valence-corrected chi connectivity index (χ4v) is 3.35. The van der Waals surface area contributed by atoms with Crippen LogP contribution in [0.3, 0.4) is 0 Å². The number of carboxylic acid groups (broad SMARTS) is 2. The molecule has 10 heteroatoms. The van der Waals surface area contributed by atoms with Crippen molar-refractivity contribution in [2.75, 3.05) is 23.3 Å². The van der Waals surface area contributed by atoms with Gasteiger partial charge >= 0.3 is 18.1 Å². The molecule has 178 valence electrons. The molecule has 3 N–H and O–H groups in total. The van der Waals surface area contributed by atoms with Crippen LogP contribution in [0.5, 0.6) is 0 Å². The van der Waals surface area contributed by atoms with E-state index >= 15 is 0 Å². The highest BCUT2D eigenvalue weighted by molar-refractivity contribution is 6.06. The van der Waals surface area contributed by atoms with Gasteiger partial charge in [0.15, 0.2) is 0 Å². The van der Waals surface area contributed by atoms with Crippen molar-refractivity contribution in [3.8, 4) is 0 Å². The number of carbonyl (C=O) groups is 3. The lowest BCUT2D eigenvalue weighted by atomic mass is 9.99. The van der Waals surface area contributed by atoms with Crippen LogP contribution in [0, 0.1) is 12.8 Å². The van der Waals surface area contributed by atoms with Crippen molar-refractivity contribution < 1.29 is 37.8 Å². The molecule has 3 rings (SSSR count). The molecule has 0 bridgehead atoms. The minimum atomic E-state index is -5.08. The summed E-state index contributed by atoms with van der Waals surface area (Å²) in [7, 11) is 0. The lowest BCUT2D eigenvalue weighted by Crippen LogP contribution is -2.35. The zero-order chi connectivity index (χ0) is 24.8. The molecule has 1 amide bonds. The second-order valence-corrected chi connectivity index (χ2v) is 7.85. The molecule has 1 saturated heterocycles. The Kier molecular flexibility index (Phi) is 8.44. The van der Waals surface area contributed by atoms with Gasteiger partial charge in [-0.3, -0.25) is 4.79 Å². The van der Waals surface area contributed by atoms with Gasteiger partial charge in [0, 0.05) is 18.7 Å². The molecular formula is C23H25F3N2O5. The molecule has 7 nitrogen and oxygen atoms in total. The number of rotatable bonds is 4. The van der Waals surface area contributed by atoms with E-state index < -0.39 is 18.1 Å². The second kappa shape index (κ2) is 10.8. The van der Waals surface area contributed by atoms with Crippen LogP contribution in [0.15, 0.2) is 42.5 Å². The van der Waals surface area contributed by atoms with E-state index in [9.17, 15) is 27.9 Å². The molecule has 1 aliphatic heterocycles. The number of nitrogens with one attached hydrogen (secondary N) is 1. The maximum Gasteiger partial charge on any atom is 0.490 e. The van der Waals surface area contributed by atoms with Gasteiger partial charge in [0.25, 0.3) is 5.91 Å². The highest BCUT2D eigenvalue weighted by Crippen LogP contribution is 2.31. The lowest BCUT2D eigenvalue weighted by Gasteiger charge is -2.34. The Morgan fingerprint density at radius 2 is 1.61 bits per heavy atom. The number of carbonyl (C=O) groups excluding carboxylic acids is 1. The summed E-state index contributed by atoms with van der Waals surface area (Å²) >= 11 is 0. The van der Waals surface area contributed by atoms with Crippen molar-refractivity contribution in [2.45, 2.75) is 32.9 Å². The molecule has 0 aliphatic carbocycles. The number of nitrogens with zero attached hydrogens (tertiary/aromatic N) is 1. The van der Waals surface area contributed by atoms with Crippen molar-refractivity contribution in [3.63, 3.8) is 0 Å². The van der Waals surface area contributed by atoms with Gasteiger partial charge < -0.3 is 20.4 Å². The first-order chi connectivity index (χ1) is 15.4. The van der Waals surface area contributed by atoms with Gasteiger partial charge in [-0.15, -0.1) is 0 Å². The van der Waals surface area contributed by atoms with Crippen LogP contribution in [0.2, 0.25) is 0 Å². The monoisotopic (exact) mass is 466 g/mol. The Bertz CT molecular complexity index is 1010. The third kappa shape index (κ3) is 7.51. The SMILES string of the molecule is Cc1ccc(C(=O)Nc2cc(C(=O)O)ccc2N2CCCC(C)C2)cc1.O=C(O)C(F)(F)F. The molecule has 0 aromatic heterocycles. The smallest absolute Gasteiger partial charge is 0.478 e. The van der Waals surface area contributed by atoms with E-state index in [-0.39, 0.29) is 11.5 Å². The topological polar surface area (TPSA) is 107 Å². The molecule has 2 aromatic carbocycles. The molecule has 33 heavy (non-hydrogen) atoms. The van der Waals surface area contributed by atoms with Gasteiger partial charge in [0.2, 0.25) is 0 Å². The quantitative estimate of drug-likeness (QED) is 0.597. The van der Waals surface area contributed by atoms with Crippen LogP contribution >= 0.6 is 0 Å². The number of carboxylic acids is 2. The summed E-state index contributed by atoms with van der Waals surface area (Å²) in [5.41, 5.74) is 3.22. The Morgan fingerprint density at radius 3 is 2.12 bits per heavy atom. The van der Waals surface area contributed by atoms with Gasteiger partial charge in [-0.25, -0.2) is 9.59 Å². The number of anilines is 2. The van der Waals surface area contributed by atoms with Gasteiger partial charge in [-0.1, -0.05) is 24.6 Å². The molecule has 1 heterocycles. The first kappa shape index (κ1) is 25.7. The number of hydrogen-bond acceptors (Lipinski definition) is 4. The van der Waals surface area contributed by atoms with Crippen LogP contribution in [0.1, 0.15) is 46.0 Å². The van der Waals surface area contributed by atoms with Gasteiger partial charge in [0.1, 0.15) is 0 Å². The number of hydrogen-bond donors (Lipinski definition) is 3. The third-order valence-corrected chi connectivity index (χ3v) is 5.05. The van der Waals surface area contributed by atoms with E-state index in [1.807, 2.05) is 19.1 Å². The molecule has 1 fully saturated rings. The predicted octanol–water partition coefficient (Wildman–Crippen LogP) is 4.82. The maximum atomic E-state index is 12.6. The summed E-state index contributed by atoms with van der Waals surface area (Å²) in [5, 5.41) is 19.3. The molecule has 0 radical (unpaired) electrons. The van der Waals surface area contributed by atoms with Crippen LogP contribution in [0.4, 0.5) is 24.5 Å². The van der Waals surface area contributed by atoms with Crippen molar-refractivity contribution >= 4 is 29.2 Å². The minimum absolute atomic E-state index is 0.165. The van der Waals surface area contributed by atoms with Crippen molar-refractivity contribution in [1.29, 1.82) is 0 Å². The Balaban J connectivity index is 0.000000479. The molecule has 1 aliphatic rings. The van der Waals surface area contributed by atoms with E-state index in [0.717, 1.165) is 30.8 Å². The van der Waals surface area contributed by atoms with Crippen molar-refractivity contribution in [1.82, 2.24) is 0 Å². The zero-order valence-electron chi connectivity index (χ0n) is 18.1. The molecule has 1 unspecified atom stereocenters. The van der Waals surface area contributed by atoms with E-state index in [2.05, 4.69) is 17.1 Å². The zero-order valence-corrected chi connectivity index (χ0v) is 18.1. The fraction of sp³-hybridized carbons (Fsp3) is 0.348. The van der Waals surface area contributed by atoms with E-state index in [4.69, 9.17) is 9.90 Å². The van der Waals surface area contributed by atoms with Crippen molar-refractivity contribution in [2.24, 2.45) is 5.92 Å². The molecule has 1 atom stereocenters. The van der Waals surface area contributed by atoms with E-state index in [1.165, 1.54) is 6.42 Å². The number of aromatic carboxylic acids is 1. The summed E-state index contributed by atoms with van der Waals surface area (Å²) in [6.45, 7) is 5.99. The molecular weight excluding hydrogens is 441 g/mol. The van der Waals surface area contributed by atoms with Crippen LogP contribution in [-0.4, -0.2) is 47.3 Å². The first-order valence-electron chi connectivity index (χ1n) is 10.2. The average molecular weight is 466 g/mol. The first-order valence-corrected chi connectivity index (χ1v) is 10.2. The number of piperidine rings is 1. The summed E-state index contributed by atoms with van der Waals surface area (Å²) in [4.78, 5) is 35.1. The third-order valence-electron chi connectivity index (χ3n) is 5.05. The lowest BCUT2D eigenvalue weighted by molar-refractivity contribution is -0.192. The largest absolute Gasteiger partial charge is 0.490 e. The minimum Gasteiger partial charge on any atom is -0.478 e. The van der Waals surface area contributed by atoms with Crippen LogP contribution in [-0.2, 0) is 4.79 Å². The standard InChI is InChI=1S/C21H24N2O3.C2HF3O2/c1-14-5-7-16(8-6-14)20(24)22-18-12-17(21(25)26)9-10-19(18)23-11-3-4-15(2)13-23;3-2(4,5)1(6)7/h5-10,12,15H,3-4,11,13H2,1-2H3,(H,22,24)(H,25,26);(H,6,7). The summed E-state index contributed by atoms with van der Waals surface area (Å²) < 4.78 is 31.7. The Morgan fingerprint density at radius 1 is 1.03 bits per heavy atom. The van der Waals surface area contributed by atoms with Crippen LogP contribution in [0.25, 0.3) is 0 Å². The number of benzene rings is 2. The Labute approximate surface area is 188 Å². The number of halogens is 3. The normalized spacial score (nSPS) is 15.8. The predicted molar refractivity (Wildman–Crippen MR) is 117 cm³/mol. The molecule has 2 aromatic rings. The highest BCUT2D eigenvalue weighted by atomic mass is 19.4. The number of aliphatic carboxylic acids is 1. The fourth-order valence-electron chi connectivity index (χ4n) is 3.35. The summed E-state index contributed by atoms with van der Waals surface area (Å²) in [5.74, 6) is -3.43. The maximum absolute atomic E-state index is 12.6.